The average molecular weight is 310 g/mol. The fraction of sp³-hybridized carbons (Fsp3) is 0.188. The molecular weight excluding hydrogens is 296 g/mol. The molecule has 5 heteroatoms. The molecule has 0 aromatic heterocycles. The number of carbonyl (C=O) groups excluding carboxylic acids is 1. The van der Waals surface area contributed by atoms with Crippen LogP contribution >= 0.6 is 11.6 Å². The summed E-state index contributed by atoms with van der Waals surface area (Å²) < 4.78 is 26.5. The van der Waals surface area contributed by atoms with Crippen LogP contribution < -0.4 is 5.32 Å². The molecule has 1 unspecified atom stereocenters. The van der Waals surface area contributed by atoms with Gasteiger partial charge in [-0.2, -0.15) is 0 Å². The van der Waals surface area contributed by atoms with Crippen molar-refractivity contribution < 1.29 is 13.6 Å². The van der Waals surface area contributed by atoms with Crippen molar-refractivity contribution in [3.8, 4) is 0 Å². The van der Waals surface area contributed by atoms with Crippen LogP contribution in [0.15, 0.2) is 48.5 Å². The molecule has 0 saturated heterocycles. The second-order valence-electron chi connectivity index (χ2n) is 4.57. The number of carbonyl (C=O) groups is 1. The lowest BCUT2D eigenvalue weighted by Gasteiger charge is -2.11. The van der Waals surface area contributed by atoms with Crippen LogP contribution in [0.3, 0.4) is 0 Å². The number of nitrogens with one attached hydrogen (secondary N) is 1. The predicted octanol–water partition coefficient (Wildman–Crippen LogP) is 3.60. The van der Waals surface area contributed by atoms with Crippen molar-refractivity contribution in [2.75, 3.05) is 6.54 Å². The molecule has 2 aromatic rings. The van der Waals surface area contributed by atoms with Crippen molar-refractivity contribution in [3.63, 3.8) is 0 Å². The van der Waals surface area contributed by atoms with Gasteiger partial charge in [0.2, 0.25) is 5.91 Å². The van der Waals surface area contributed by atoms with Crippen molar-refractivity contribution >= 4 is 17.5 Å². The van der Waals surface area contributed by atoms with E-state index in [-0.39, 0.29) is 23.9 Å². The van der Waals surface area contributed by atoms with Gasteiger partial charge in [-0.3, -0.25) is 4.79 Å². The minimum atomic E-state index is -0.988. The van der Waals surface area contributed by atoms with E-state index in [4.69, 9.17) is 11.6 Å². The van der Waals surface area contributed by atoms with Gasteiger partial charge in [-0.15, -0.1) is 11.6 Å². The molecule has 2 rings (SSSR count). The fourth-order valence-electron chi connectivity index (χ4n) is 1.90. The molecule has 0 fully saturated rings. The molecule has 0 aliphatic heterocycles. The van der Waals surface area contributed by atoms with Crippen molar-refractivity contribution in [1.29, 1.82) is 0 Å². The van der Waals surface area contributed by atoms with E-state index in [1.54, 1.807) is 0 Å². The molecule has 21 heavy (non-hydrogen) atoms. The van der Waals surface area contributed by atoms with E-state index < -0.39 is 17.5 Å². The molecule has 0 heterocycles. The zero-order valence-corrected chi connectivity index (χ0v) is 11.9. The molecule has 0 aliphatic carbocycles. The van der Waals surface area contributed by atoms with Crippen molar-refractivity contribution in [2.45, 2.75) is 11.8 Å². The standard InChI is InChI=1S/C16H14ClF2NO/c17-13(11-5-2-1-3-6-11)10-20-15(21)9-12-7-4-8-14(18)16(12)19/h1-8,13H,9-10H2,(H,20,21). The largest absolute Gasteiger partial charge is 0.354 e. The third-order valence-electron chi connectivity index (χ3n) is 3.02. The number of halogens is 3. The number of alkyl halides is 1. The maximum Gasteiger partial charge on any atom is 0.224 e. The Hall–Kier alpha value is -1.94. The van der Waals surface area contributed by atoms with Crippen molar-refractivity contribution in [1.82, 2.24) is 5.32 Å². The molecule has 2 aromatic carbocycles. The van der Waals surface area contributed by atoms with Gasteiger partial charge in [0.15, 0.2) is 11.6 Å². The van der Waals surface area contributed by atoms with Crippen LogP contribution in [0.5, 0.6) is 0 Å². The normalized spacial score (nSPS) is 12.0. The van der Waals surface area contributed by atoms with Crippen LogP contribution in [0.25, 0.3) is 0 Å². The summed E-state index contributed by atoms with van der Waals surface area (Å²) in [5, 5.41) is 2.25. The molecule has 1 atom stereocenters. The van der Waals surface area contributed by atoms with E-state index in [0.29, 0.717) is 0 Å². The van der Waals surface area contributed by atoms with Gasteiger partial charge in [0.25, 0.3) is 0 Å². The highest BCUT2D eigenvalue weighted by Gasteiger charge is 2.13. The first kappa shape index (κ1) is 15.4. The Morgan fingerprint density at radius 3 is 2.52 bits per heavy atom. The number of hydrogen-bond donors (Lipinski definition) is 1. The summed E-state index contributed by atoms with van der Waals surface area (Å²) in [7, 11) is 0. The summed E-state index contributed by atoms with van der Waals surface area (Å²) in [6, 6.07) is 13.1. The number of rotatable bonds is 5. The summed E-state index contributed by atoms with van der Waals surface area (Å²) >= 11 is 6.16. The highest BCUT2D eigenvalue weighted by molar-refractivity contribution is 6.21. The molecule has 0 bridgehead atoms. The van der Waals surface area contributed by atoms with Gasteiger partial charge in [-0.1, -0.05) is 42.5 Å². The monoisotopic (exact) mass is 309 g/mol. The Labute approximate surface area is 126 Å². The SMILES string of the molecule is O=C(Cc1cccc(F)c1F)NCC(Cl)c1ccccc1. The Morgan fingerprint density at radius 1 is 1.10 bits per heavy atom. The third kappa shape index (κ3) is 4.26. The smallest absolute Gasteiger partial charge is 0.224 e. The van der Waals surface area contributed by atoms with Gasteiger partial charge in [0.05, 0.1) is 11.8 Å². The topological polar surface area (TPSA) is 29.1 Å². The van der Waals surface area contributed by atoms with Crippen molar-refractivity contribution in [3.05, 3.63) is 71.3 Å². The minimum Gasteiger partial charge on any atom is -0.354 e. The minimum absolute atomic E-state index is 0.0262. The third-order valence-corrected chi connectivity index (χ3v) is 3.43. The van der Waals surface area contributed by atoms with E-state index in [9.17, 15) is 13.6 Å². The predicted molar refractivity (Wildman–Crippen MR) is 78.1 cm³/mol. The summed E-state index contributed by atoms with van der Waals surface area (Å²) in [5.74, 6) is -2.35. The summed E-state index contributed by atoms with van der Waals surface area (Å²) in [5.41, 5.74) is 0.912. The summed E-state index contributed by atoms with van der Waals surface area (Å²) in [4.78, 5) is 11.8. The Balaban J connectivity index is 1.89. The van der Waals surface area contributed by atoms with Gasteiger partial charge in [-0.25, -0.2) is 8.78 Å². The first-order chi connectivity index (χ1) is 10.1. The molecule has 0 radical (unpaired) electrons. The number of benzene rings is 2. The van der Waals surface area contributed by atoms with Gasteiger partial charge < -0.3 is 5.32 Å². The molecule has 0 spiro atoms. The van der Waals surface area contributed by atoms with Crippen LogP contribution in [0.2, 0.25) is 0 Å². The molecule has 0 aliphatic rings. The molecule has 0 saturated carbocycles. The van der Waals surface area contributed by atoms with Crippen LogP contribution in [0, 0.1) is 11.6 Å². The lowest BCUT2D eigenvalue weighted by atomic mass is 10.1. The van der Waals surface area contributed by atoms with Gasteiger partial charge in [-0.05, 0) is 11.6 Å². The van der Waals surface area contributed by atoms with E-state index in [1.165, 1.54) is 12.1 Å². The number of amides is 1. The second-order valence-corrected chi connectivity index (χ2v) is 5.10. The average Bonchev–Trinajstić information content (AvgIpc) is 2.50. The second kappa shape index (κ2) is 7.18. The van der Waals surface area contributed by atoms with Crippen LogP contribution in [-0.4, -0.2) is 12.5 Å². The summed E-state index contributed by atoms with van der Waals surface area (Å²) in [6.07, 6.45) is -0.220. The Morgan fingerprint density at radius 2 is 1.81 bits per heavy atom. The lowest BCUT2D eigenvalue weighted by Crippen LogP contribution is -2.28. The summed E-state index contributed by atoms with van der Waals surface area (Å²) in [6.45, 7) is 0.224. The zero-order chi connectivity index (χ0) is 15.2. The lowest BCUT2D eigenvalue weighted by molar-refractivity contribution is -0.120. The van der Waals surface area contributed by atoms with E-state index >= 15 is 0 Å². The molecule has 2 nitrogen and oxygen atoms in total. The zero-order valence-electron chi connectivity index (χ0n) is 11.2. The Kier molecular flexibility index (Phi) is 5.28. The Bertz CT molecular complexity index is 619. The maximum atomic E-state index is 13.4. The van der Waals surface area contributed by atoms with E-state index in [1.807, 2.05) is 30.3 Å². The fourth-order valence-corrected chi connectivity index (χ4v) is 2.13. The van der Waals surface area contributed by atoms with E-state index in [2.05, 4.69) is 5.32 Å². The van der Waals surface area contributed by atoms with Crippen LogP contribution in [0.1, 0.15) is 16.5 Å². The van der Waals surface area contributed by atoms with Crippen LogP contribution in [-0.2, 0) is 11.2 Å². The molecule has 1 N–H and O–H groups in total. The highest BCUT2D eigenvalue weighted by atomic mass is 35.5. The maximum absolute atomic E-state index is 13.4. The highest BCUT2D eigenvalue weighted by Crippen LogP contribution is 2.18. The molecule has 1 amide bonds. The van der Waals surface area contributed by atoms with Crippen molar-refractivity contribution in [2.24, 2.45) is 0 Å². The van der Waals surface area contributed by atoms with E-state index in [0.717, 1.165) is 11.6 Å². The van der Waals surface area contributed by atoms with Gasteiger partial charge in [0.1, 0.15) is 0 Å². The van der Waals surface area contributed by atoms with Gasteiger partial charge >= 0.3 is 0 Å². The van der Waals surface area contributed by atoms with Gasteiger partial charge in [0, 0.05) is 12.1 Å². The van der Waals surface area contributed by atoms with Crippen LogP contribution in [0.4, 0.5) is 8.78 Å². The molecular formula is C16H14ClF2NO. The first-order valence-corrected chi connectivity index (χ1v) is 6.90. The first-order valence-electron chi connectivity index (χ1n) is 6.46. The number of hydrogen-bond acceptors (Lipinski definition) is 1. The quantitative estimate of drug-likeness (QED) is 0.840. The molecule has 110 valence electrons.